The van der Waals surface area contributed by atoms with Gasteiger partial charge in [0.05, 0.1) is 18.9 Å². The number of nitrogens with zero attached hydrogens (tertiary/aromatic N) is 2. The number of nitrogens with one attached hydrogen (secondary N) is 4. The van der Waals surface area contributed by atoms with Gasteiger partial charge in [-0.15, -0.1) is 0 Å². The van der Waals surface area contributed by atoms with Crippen molar-refractivity contribution in [3.8, 4) is 0 Å². The first-order valence-corrected chi connectivity index (χ1v) is 25.2. The van der Waals surface area contributed by atoms with Gasteiger partial charge in [0, 0.05) is 38.0 Å². The molecule has 5 N–H and O–H groups in total. The molecule has 0 aromatic heterocycles. The van der Waals surface area contributed by atoms with Gasteiger partial charge in [-0.3, -0.25) is 28.6 Å². The molecular formula is C49H77N6O11P. The highest BCUT2D eigenvalue weighted by atomic mass is 31.2. The van der Waals surface area contributed by atoms with Crippen molar-refractivity contribution in [2.45, 2.75) is 162 Å². The molecule has 4 atom stereocenters. The zero-order valence-electron chi connectivity index (χ0n) is 41.3. The summed E-state index contributed by atoms with van der Waals surface area (Å²) in [5.41, 5.74) is -0.625. The molecule has 374 valence electrons. The third kappa shape index (κ3) is 18.9. The predicted molar refractivity (Wildman–Crippen MR) is 257 cm³/mol. The van der Waals surface area contributed by atoms with Gasteiger partial charge in [-0.05, 0) is 111 Å². The number of amides is 6. The van der Waals surface area contributed by atoms with Crippen LogP contribution in [0.25, 0.3) is 0 Å². The molecule has 0 aliphatic carbocycles. The quantitative estimate of drug-likeness (QED) is 0.0529. The Morgan fingerprint density at radius 1 is 0.746 bits per heavy atom. The van der Waals surface area contributed by atoms with Crippen molar-refractivity contribution < 1.29 is 52.2 Å². The number of rotatable bonds is 24. The maximum atomic E-state index is 14.5. The summed E-state index contributed by atoms with van der Waals surface area (Å²) in [6, 6.07) is 13.5. The SMILES string of the molecule is CCOP(=O)(OCC)C1CCN(C(=O)[C@@H](CCCCNC(=O)OC(C)(C)C)NC(=O)[C@@H](CC(C)C)NC(=O)[C@@H](Cc2ccccc2)NC(=O)[C@@H](Cc2ccccc2)N(C(=O)O)C(C)(C)C)CC1. The van der Waals surface area contributed by atoms with E-state index in [0.29, 0.717) is 31.2 Å². The van der Waals surface area contributed by atoms with Crippen molar-refractivity contribution in [3.05, 3.63) is 71.8 Å². The van der Waals surface area contributed by atoms with Crippen LogP contribution in [0.4, 0.5) is 9.59 Å². The predicted octanol–water partition coefficient (Wildman–Crippen LogP) is 7.07. The molecule has 17 nitrogen and oxygen atoms in total. The minimum atomic E-state index is -3.41. The van der Waals surface area contributed by atoms with Crippen LogP contribution in [0.1, 0.15) is 119 Å². The molecular weight excluding hydrogens is 880 g/mol. The van der Waals surface area contributed by atoms with Crippen LogP contribution in [0.5, 0.6) is 0 Å². The highest BCUT2D eigenvalue weighted by Crippen LogP contribution is 2.56. The van der Waals surface area contributed by atoms with Crippen LogP contribution in [-0.2, 0) is 50.4 Å². The third-order valence-corrected chi connectivity index (χ3v) is 13.8. The van der Waals surface area contributed by atoms with E-state index < -0.39 is 78.5 Å². The van der Waals surface area contributed by atoms with Gasteiger partial charge in [0.15, 0.2) is 0 Å². The fourth-order valence-corrected chi connectivity index (χ4v) is 10.1. The lowest BCUT2D eigenvalue weighted by atomic mass is 9.96. The van der Waals surface area contributed by atoms with Crippen LogP contribution in [0.3, 0.4) is 0 Å². The number of ether oxygens (including phenoxy) is 1. The Kier molecular flexibility index (Phi) is 22.3. The van der Waals surface area contributed by atoms with E-state index >= 15 is 0 Å². The van der Waals surface area contributed by atoms with E-state index in [4.69, 9.17) is 13.8 Å². The Labute approximate surface area is 397 Å². The third-order valence-electron chi connectivity index (χ3n) is 11.1. The number of hydrogen-bond donors (Lipinski definition) is 5. The Morgan fingerprint density at radius 3 is 1.75 bits per heavy atom. The van der Waals surface area contributed by atoms with Gasteiger partial charge in [0.2, 0.25) is 23.6 Å². The number of piperidine rings is 1. The summed E-state index contributed by atoms with van der Waals surface area (Å²) < 4.78 is 30.1. The second-order valence-corrected chi connectivity index (χ2v) is 21.7. The number of alkyl carbamates (subject to hydrolysis) is 1. The lowest BCUT2D eigenvalue weighted by Crippen LogP contribution is -2.61. The standard InChI is InChI=1S/C49H77N6O11P/c1-11-64-67(63,65-12-2)37-26-29-54(30-27-37)45(59)38(25-19-20-28-50-46(60)66-49(8,9)10)51-42(56)39(31-34(3)4)52-43(57)40(32-35-21-15-13-16-22-35)53-44(58)41(33-36-23-17-14-18-24-36)55(47(61)62)48(5,6)7/h13-18,21-24,34,37-41H,11-12,19-20,25-33H2,1-10H3,(H,50,60)(H,51,56)(H,52,57)(H,53,58)(H,61,62)/t38-,39-,40-,41-/m1/s1. The average molecular weight is 957 g/mol. The molecule has 67 heavy (non-hydrogen) atoms. The molecule has 2 aromatic carbocycles. The first-order chi connectivity index (χ1) is 31.5. The van der Waals surface area contributed by atoms with Crippen LogP contribution in [-0.4, -0.2) is 125 Å². The van der Waals surface area contributed by atoms with Crippen LogP contribution in [0.15, 0.2) is 60.7 Å². The molecule has 18 heteroatoms. The van der Waals surface area contributed by atoms with Gasteiger partial charge in [0.1, 0.15) is 29.8 Å². The molecule has 1 heterocycles. The number of likely N-dealkylation sites (tertiary alicyclic amines) is 1. The summed E-state index contributed by atoms with van der Waals surface area (Å²) in [6.07, 6.45) is 0.250. The first-order valence-electron chi connectivity index (χ1n) is 23.6. The van der Waals surface area contributed by atoms with Crippen molar-refractivity contribution in [1.29, 1.82) is 0 Å². The van der Waals surface area contributed by atoms with Crippen molar-refractivity contribution in [2.75, 3.05) is 32.8 Å². The summed E-state index contributed by atoms with van der Waals surface area (Å²) >= 11 is 0. The number of carboxylic acid groups (broad SMARTS) is 1. The van der Waals surface area contributed by atoms with E-state index in [9.17, 15) is 38.4 Å². The van der Waals surface area contributed by atoms with Crippen molar-refractivity contribution in [2.24, 2.45) is 5.92 Å². The summed E-state index contributed by atoms with van der Waals surface area (Å²) in [4.78, 5) is 85.5. The highest BCUT2D eigenvalue weighted by Gasteiger charge is 2.41. The molecule has 0 unspecified atom stereocenters. The molecule has 0 spiro atoms. The lowest BCUT2D eigenvalue weighted by molar-refractivity contribution is -0.139. The number of unbranched alkanes of at least 4 members (excludes halogenated alkanes) is 1. The molecule has 2 aromatic rings. The smallest absolute Gasteiger partial charge is 0.408 e. The van der Waals surface area contributed by atoms with E-state index in [1.165, 1.54) is 0 Å². The van der Waals surface area contributed by atoms with Crippen molar-refractivity contribution in [1.82, 2.24) is 31.1 Å². The fraction of sp³-hybridized carbons (Fsp3) is 0.633. The van der Waals surface area contributed by atoms with Gasteiger partial charge in [-0.25, -0.2) is 9.59 Å². The Morgan fingerprint density at radius 2 is 1.25 bits per heavy atom. The molecule has 6 amide bonds. The second-order valence-electron chi connectivity index (χ2n) is 19.4. The Balaban J connectivity index is 1.91. The van der Waals surface area contributed by atoms with Gasteiger partial charge in [-0.1, -0.05) is 74.5 Å². The Hall–Kier alpha value is -4.99. The summed E-state index contributed by atoms with van der Waals surface area (Å²) in [5.74, 6) is -2.39. The zero-order chi connectivity index (χ0) is 50.0. The summed E-state index contributed by atoms with van der Waals surface area (Å²) in [5, 5.41) is 21.8. The van der Waals surface area contributed by atoms with Gasteiger partial charge < -0.3 is 45.1 Å². The second kappa shape index (κ2) is 26.5. The van der Waals surface area contributed by atoms with Crippen molar-refractivity contribution >= 4 is 43.4 Å². The van der Waals surface area contributed by atoms with E-state index in [2.05, 4.69) is 21.3 Å². The van der Waals surface area contributed by atoms with E-state index in [1.54, 1.807) is 109 Å². The maximum absolute atomic E-state index is 14.5. The monoisotopic (exact) mass is 957 g/mol. The minimum absolute atomic E-state index is 0.0308. The van der Waals surface area contributed by atoms with E-state index in [1.807, 2.05) is 26.0 Å². The molecule has 0 saturated carbocycles. The van der Waals surface area contributed by atoms with Crippen LogP contribution >= 0.6 is 7.60 Å². The first kappa shape index (κ1) is 56.3. The normalized spacial score (nSPS) is 15.4. The molecule has 1 fully saturated rings. The van der Waals surface area contributed by atoms with Crippen LogP contribution in [0, 0.1) is 5.92 Å². The van der Waals surface area contributed by atoms with E-state index in [-0.39, 0.29) is 70.4 Å². The summed E-state index contributed by atoms with van der Waals surface area (Å²) in [6.45, 7) is 18.9. The molecule has 1 aliphatic rings. The largest absolute Gasteiger partial charge is 0.465 e. The molecule has 1 aliphatic heterocycles. The van der Waals surface area contributed by atoms with Gasteiger partial charge in [0.25, 0.3) is 0 Å². The van der Waals surface area contributed by atoms with E-state index in [0.717, 1.165) is 10.5 Å². The average Bonchev–Trinajstić information content (AvgIpc) is 3.24. The topological polar surface area (TPSA) is 222 Å². The zero-order valence-corrected chi connectivity index (χ0v) is 42.2. The number of benzene rings is 2. The Bertz CT molecular complexity index is 1940. The fourth-order valence-electron chi connectivity index (χ4n) is 8.07. The summed E-state index contributed by atoms with van der Waals surface area (Å²) in [7, 11) is -3.41. The molecule has 3 rings (SSSR count). The lowest BCUT2D eigenvalue weighted by Gasteiger charge is -2.39. The number of carbonyl (C=O) groups excluding carboxylic acids is 5. The number of hydrogen-bond acceptors (Lipinski definition) is 10. The van der Waals surface area contributed by atoms with Crippen LogP contribution in [0.2, 0.25) is 0 Å². The van der Waals surface area contributed by atoms with Gasteiger partial charge in [-0.2, -0.15) is 0 Å². The van der Waals surface area contributed by atoms with Crippen LogP contribution < -0.4 is 21.3 Å². The van der Waals surface area contributed by atoms with Crippen molar-refractivity contribution in [3.63, 3.8) is 0 Å². The molecule has 1 saturated heterocycles. The maximum Gasteiger partial charge on any atom is 0.408 e. The highest BCUT2D eigenvalue weighted by molar-refractivity contribution is 7.54. The van der Waals surface area contributed by atoms with Gasteiger partial charge >= 0.3 is 19.8 Å². The molecule has 0 radical (unpaired) electrons. The minimum Gasteiger partial charge on any atom is -0.465 e. The number of carbonyl (C=O) groups is 6. The molecule has 0 bridgehead atoms.